The first-order chi connectivity index (χ1) is 7.42. The smallest absolute Gasteiger partial charge is 0.160 e. The lowest BCUT2D eigenvalue weighted by atomic mass is 10.2. The number of rotatable bonds is 3. The van der Waals surface area contributed by atoms with Crippen molar-refractivity contribution in [3.8, 4) is 0 Å². The minimum atomic E-state index is -0.0889. The highest BCUT2D eigenvalue weighted by molar-refractivity contribution is 5.13. The van der Waals surface area contributed by atoms with E-state index in [2.05, 4.69) is 12.1 Å². The lowest BCUT2D eigenvalue weighted by Crippen LogP contribution is -2.27. The Hall–Kier alpha value is -0.900. The quantitative estimate of drug-likeness (QED) is 0.705. The topological polar surface area (TPSA) is 31.0 Å². The van der Waals surface area contributed by atoms with Crippen molar-refractivity contribution in [2.24, 2.45) is 0 Å². The maximum Gasteiger partial charge on any atom is 0.160 e. The van der Waals surface area contributed by atoms with Crippen molar-refractivity contribution in [1.82, 2.24) is 0 Å². The molecule has 2 aliphatic heterocycles. The van der Waals surface area contributed by atoms with Crippen LogP contribution in [0.15, 0.2) is 30.3 Å². The second-order valence-corrected chi connectivity index (χ2v) is 4.01. The summed E-state index contributed by atoms with van der Waals surface area (Å²) in [6, 6.07) is 10.1. The van der Waals surface area contributed by atoms with Crippen molar-refractivity contribution in [3.63, 3.8) is 0 Å². The van der Waals surface area contributed by atoms with Crippen LogP contribution in [0.25, 0.3) is 0 Å². The van der Waals surface area contributed by atoms with Gasteiger partial charge < -0.3 is 14.2 Å². The van der Waals surface area contributed by atoms with Gasteiger partial charge >= 0.3 is 0 Å². The van der Waals surface area contributed by atoms with E-state index in [0.29, 0.717) is 25.4 Å². The predicted molar refractivity (Wildman–Crippen MR) is 54.2 cm³/mol. The van der Waals surface area contributed by atoms with Crippen LogP contribution in [-0.2, 0) is 20.8 Å². The van der Waals surface area contributed by atoms with Crippen molar-refractivity contribution in [1.29, 1.82) is 0 Å². The molecular weight excluding hydrogens is 192 g/mol. The van der Waals surface area contributed by atoms with Crippen LogP contribution in [0.4, 0.5) is 0 Å². The van der Waals surface area contributed by atoms with Crippen LogP contribution in [0.2, 0.25) is 0 Å². The van der Waals surface area contributed by atoms with Gasteiger partial charge in [-0.1, -0.05) is 30.3 Å². The third kappa shape index (κ3) is 2.20. The third-order valence-corrected chi connectivity index (χ3v) is 2.84. The molecule has 1 aromatic carbocycles. The van der Waals surface area contributed by atoms with E-state index in [1.807, 2.05) is 18.2 Å². The number of benzene rings is 1. The normalized spacial score (nSPS) is 33.5. The van der Waals surface area contributed by atoms with E-state index < -0.39 is 0 Å². The average Bonchev–Trinajstić information content (AvgIpc) is 3.06. The summed E-state index contributed by atoms with van der Waals surface area (Å²) in [5.74, 6) is 0. The second kappa shape index (κ2) is 3.93. The highest BCUT2D eigenvalue weighted by atomic mass is 16.7. The van der Waals surface area contributed by atoms with Gasteiger partial charge in [-0.05, 0) is 5.56 Å². The molecule has 0 spiro atoms. The molecule has 0 aromatic heterocycles. The van der Waals surface area contributed by atoms with Crippen LogP contribution in [0, 0.1) is 0 Å². The first-order valence-electron chi connectivity index (χ1n) is 5.34. The minimum Gasteiger partial charge on any atom is -0.367 e. The molecule has 0 unspecified atom stereocenters. The van der Waals surface area contributed by atoms with Crippen molar-refractivity contribution in [2.75, 3.05) is 6.61 Å². The maximum atomic E-state index is 5.66. The van der Waals surface area contributed by atoms with Crippen molar-refractivity contribution < 1.29 is 14.2 Å². The Balaban J connectivity index is 1.49. The Labute approximate surface area is 89.0 Å². The van der Waals surface area contributed by atoms with Crippen LogP contribution in [0.1, 0.15) is 12.0 Å². The molecule has 1 aromatic rings. The van der Waals surface area contributed by atoms with E-state index in [-0.39, 0.29) is 6.29 Å². The van der Waals surface area contributed by atoms with E-state index >= 15 is 0 Å². The molecule has 3 nitrogen and oxygen atoms in total. The van der Waals surface area contributed by atoms with Gasteiger partial charge in [0.1, 0.15) is 6.10 Å². The SMILES string of the molecule is c1ccc(CO[C@H]2C[C@@H]3O[C@@H]3CO2)cc1. The second-order valence-electron chi connectivity index (χ2n) is 4.01. The number of hydrogen-bond acceptors (Lipinski definition) is 3. The third-order valence-electron chi connectivity index (χ3n) is 2.84. The molecule has 3 rings (SSSR count). The molecule has 0 N–H and O–H groups in total. The Kier molecular flexibility index (Phi) is 2.44. The first-order valence-corrected chi connectivity index (χ1v) is 5.34. The summed E-state index contributed by atoms with van der Waals surface area (Å²) >= 11 is 0. The molecule has 80 valence electrons. The van der Waals surface area contributed by atoms with Crippen LogP contribution >= 0.6 is 0 Å². The molecule has 3 atom stereocenters. The van der Waals surface area contributed by atoms with Gasteiger partial charge in [0, 0.05) is 6.42 Å². The summed E-state index contributed by atoms with van der Waals surface area (Å²) in [7, 11) is 0. The number of epoxide rings is 1. The average molecular weight is 206 g/mol. The van der Waals surface area contributed by atoms with Gasteiger partial charge in [0.05, 0.1) is 19.3 Å². The Bertz CT molecular complexity index is 325. The van der Waals surface area contributed by atoms with Crippen molar-refractivity contribution >= 4 is 0 Å². The molecular formula is C12H14O3. The monoisotopic (exact) mass is 206 g/mol. The summed E-state index contributed by atoms with van der Waals surface area (Å²) in [6.45, 7) is 1.30. The zero-order valence-electron chi connectivity index (χ0n) is 8.46. The number of ether oxygens (including phenoxy) is 3. The van der Waals surface area contributed by atoms with E-state index in [9.17, 15) is 0 Å². The molecule has 0 aliphatic carbocycles. The van der Waals surface area contributed by atoms with Gasteiger partial charge in [-0.3, -0.25) is 0 Å². The molecule has 0 radical (unpaired) electrons. The summed E-state index contributed by atoms with van der Waals surface area (Å²) in [5.41, 5.74) is 1.18. The molecule has 0 bridgehead atoms. The lowest BCUT2D eigenvalue weighted by molar-refractivity contribution is -0.161. The van der Waals surface area contributed by atoms with E-state index in [1.54, 1.807) is 0 Å². The Morgan fingerprint density at radius 1 is 1.20 bits per heavy atom. The summed E-state index contributed by atoms with van der Waals surface area (Å²) in [6.07, 6.45) is 1.52. The highest BCUT2D eigenvalue weighted by Crippen LogP contribution is 2.32. The van der Waals surface area contributed by atoms with Gasteiger partial charge in [0.15, 0.2) is 6.29 Å². The molecule has 2 heterocycles. The number of fused-ring (bicyclic) bond motifs is 1. The number of hydrogen-bond donors (Lipinski definition) is 0. The standard InChI is InChI=1S/C12H14O3/c1-2-4-9(5-3-1)7-13-12-6-10-11(15-10)8-14-12/h1-5,10-12H,6-8H2/t10-,11+,12+/m0/s1. The summed E-state index contributed by atoms with van der Waals surface area (Å²) in [4.78, 5) is 0. The van der Waals surface area contributed by atoms with Crippen LogP contribution in [-0.4, -0.2) is 25.1 Å². The molecule has 2 fully saturated rings. The van der Waals surface area contributed by atoms with Crippen molar-refractivity contribution in [2.45, 2.75) is 31.5 Å². The van der Waals surface area contributed by atoms with E-state index in [4.69, 9.17) is 14.2 Å². The fourth-order valence-electron chi connectivity index (χ4n) is 1.87. The van der Waals surface area contributed by atoms with E-state index in [1.165, 1.54) is 5.56 Å². The molecule has 0 amide bonds. The molecule has 2 saturated heterocycles. The van der Waals surface area contributed by atoms with Crippen LogP contribution in [0.5, 0.6) is 0 Å². The Morgan fingerprint density at radius 3 is 2.87 bits per heavy atom. The van der Waals surface area contributed by atoms with E-state index in [0.717, 1.165) is 6.42 Å². The zero-order chi connectivity index (χ0) is 10.1. The van der Waals surface area contributed by atoms with Crippen LogP contribution < -0.4 is 0 Å². The highest BCUT2D eigenvalue weighted by Gasteiger charge is 2.45. The van der Waals surface area contributed by atoms with Crippen molar-refractivity contribution in [3.05, 3.63) is 35.9 Å². The fraction of sp³-hybridized carbons (Fsp3) is 0.500. The van der Waals surface area contributed by atoms with Crippen LogP contribution in [0.3, 0.4) is 0 Å². The fourth-order valence-corrected chi connectivity index (χ4v) is 1.87. The first kappa shape index (κ1) is 9.33. The molecule has 2 aliphatic rings. The molecule has 3 heteroatoms. The Morgan fingerprint density at radius 2 is 2.07 bits per heavy atom. The van der Waals surface area contributed by atoms with Gasteiger partial charge in [0.25, 0.3) is 0 Å². The molecule has 0 saturated carbocycles. The van der Waals surface area contributed by atoms with Gasteiger partial charge in [-0.15, -0.1) is 0 Å². The minimum absolute atomic E-state index is 0.0889. The van der Waals surface area contributed by atoms with Gasteiger partial charge in [-0.25, -0.2) is 0 Å². The van der Waals surface area contributed by atoms with Gasteiger partial charge in [0.2, 0.25) is 0 Å². The lowest BCUT2D eigenvalue weighted by Gasteiger charge is -2.20. The summed E-state index contributed by atoms with van der Waals surface area (Å²) in [5, 5.41) is 0. The largest absolute Gasteiger partial charge is 0.367 e. The molecule has 15 heavy (non-hydrogen) atoms. The van der Waals surface area contributed by atoms with Gasteiger partial charge in [-0.2, -0.15) is 0 Å². The predicted octanol–water partition coefficient (Wildman–Crippen LogP) is 1.72. The maximum absolute atomic E-state index is 5.66. The zero-order valence-corrected chi connectivity index (χ0v) is 8.46. The summed E-state index contributed by atoms with van der Waals surface area (Å²) < 4.78 is 16.5.